The van der Waals surface area contributed by atoms with Crippen molar-refractivity contribution in [1.82, 2.24) is 25.1 Å². The summed E-state index contributed by atoms with van der Waals surface area (Å²) in [7, 11) is 2.13. The second-order valence-electron chi connectivity index (χ2n) is 9.27. The van der Waals surface area contributed by atoms with Crippen LogP contribution in [0.2, 0.25) is 0 Å². The number of aromatic nitrogens is 2. The van der Waals surface area contributed by atoms with Gasteiger partial charge in [-0.05, 0) is 43.3 Å². The van der Waals surface area contributed by atoms with Crippen LogP contribution in [0.5, 0.6) is 23.1 Å². The Kier molecular flexibility index (Phi) is 8.54. The third-order valence-corrected chi connectivity index (χ3v) is 6.36. The van der Waals surface area contributed by atoms with Gasteiger partial charge in [0.1, 0.15) is 0 Å². The van der Waals surface area contributed by atoms with Crippen LogP contribution in [0.3, 0.4) is 0 Å². The van der Waals surface area contributed by atoms with Gasteiger partial charge in [0.2, 0.25) is 18.6 Å². The second-order valence-corrected chi connectivity index (χ2v) is 9.27. The Morgan fingerprint density at radius 1 is 1.08 bits per heavy atom. The maximum atomic E-state index is 14.6. The van der Waals surface area contributed by atoms with E-state index in [2.05, 4.69) is 37.4 Å². The summed E-state index contributed by atoms with van der Waals surface area (Å²) in [5.41, 5.74) is 1.26. The van der Waals surface area contributed by atoms with Crippen molar-refractivity contribution in [3.63, 3.8) is 0 Å². The molecule has 0 unspecified atom stereocenters. The van der Waals surface area contributed by atoms with Crippen LogP contribution < -0.4 is 29.6 Å². The molecule has 3 heterocycles. The number of halogens is 1. The smallest absolute Gasteiger partial charge is 0.414 e. The van der Waals surface area contributed by atoms with E-state index >= 15 is 0 Å². The average Bonchev–Trinajstić information content (AvgIpc) is 3.40. The maximum Gasteiger partial charge on any atom is 0.414 e. The number of hydrogen-bond acceptors (Lipinski definition) is 10. The molecule has 1 saturated heterocycles. The van der Waals surface area contributed by atoms with Crippen LogP contribution in [0.15, 0.2) is 48.7 Å². The van der Waals surface area contributed by atoms with Crippen molar-refractivity contribution in [2.45, 2.75) is 13.0 Å². The molecule has 0 aliphatic carbocycles. The molecule has 2 aromatic carbocycles. The highest BCUT2D eigenvalue weighted by Crippen LogP contribution is 2.32. The van der Waals surface area contributed by atoms with Crippen LogP contribution in [-0.4, -0.2) is 79.0 Å². The molecular formula is C27H31FN6O5. The van der Waals surface area contributed by atoms with Gasteiger partial charge in [0.15, 0.2) is 23.1 Å². The second kappa shape index (κ2) is 12.6. The molecule has 5 rings (SSSR count). The number of benzene rings is 2. The lowest BCUT2D eigenvalue weighted by atomic mass is 10.2. The predicted molar refractivity (Wildman–Crippen MR) is 141 cm³/mol. The van der Waals surface area contributed by atoms with Crippen molar-refractivity contribution in [2.75, 3.05) is 58.5 Å². The van der Waals surface area contributed by atoms with Crippen LogP contribution in [0.4, 0.5) is 20.8 Å². The predicted octanol–water partition coefficient (Wildman–Crippen LogP) is 3.39. The highest BCUT2D eigenvalue weighted by atomic mass is 19.1. The first-order valence-electron chi connectivity index (χ1n) is 12.8. The third kappa shape index (κ3) is 7.45. The highest BCUT2D eigenvalue weighted by Gasteiger charge is 2.15. The van der Waals surface area contributed by atoms with Gasteiger partial charge in [0.25, 0.3) is 0 Å². The number of carbonyl (C=O) groups is 1. The molecule has 2 N–H and O–H groups in total. The highest BCUT2D eigenvalue weighted by molar-refractivity contribution is 5.70. The zero-order valence-corrected chi connectivity index (χ0v) is 21.7. The van der Waals surface area contributed by atoms with Gasteiger partial charge in [-0.1, -0.05) is 6.07 Å². The van der Waals surface area contributed by atoms with Crippen molar-refractivity contribution in [3.05, 3.63) is 60.0 Å². The zero-order valence-electron chi connectivity index (χ0n) is 21.7. The standard InChI is InChI=1S/C27H31FN6O5/c1-33-10-12-34(13-11-33)9-2-14-36-22-6-4-20(16-21(22)28)31-26-29-8-7-25(32-26)39-27(35)30-17-19-3-5-23-24(15-19)38-18-37-23/h3-8,15-16H,2,9-14,17-18H2,1H3,(H,30,35)(H,29,31,32). The van der Waals surface area contributed by atoms with Gasteiger partial charge in [0.05, 0.1) is 6.61 Å². The Morgan fingerprint density at radius 2 is 1.92 bits per heavy atom. The Hall–Kier alpha value is -4.16. The van der Waals surface area contributed by atoms with Crippen LogP contribution in [-0.2, 0) is 6.54 Å². The number of anilines is 2. The van der Waals surface area contributed by atoms with Crippen LogP contribution >= 0.6 is 0 Å². The number of ether oxygens (including phenoxy) is 4. The summed E-state index contributed by atoms with van der Waals surface area (Å²) in [6.45, 7) is 6.01. The van der Waals surface area contributed by atoms with Crippen molar-refractivity contribution < 1.29 is 28.1 Å². The van der Waals surface area contributed by atoms with E-state index in [0.717, 1.165) is 44.7 Å². The van der Waals surface area contributed by atoms with Gasteiger partial charge in [-0.2, -0.15) is 4.98 Å². The van der Waals surface area contributed by atoms with E-state index in [0.29, 0.717) is 23.8 Å². The fourth-order valence-corrected chi connectivity index (χ4v) is 4.18. The van der Waals surface area contributed by atoms with Gasteiger partial charge in [-0.25, -0.2) is 14.2 Å². The molecule has 2 aliphatic rings. The minimum absolute atomic E-state index is 0.0384. The van der Waals surface area contributed by atoms with Gasteiger partial charge in [-0.3, -0.25) is 0 Å². The molecule has 0 atom stereocenters. The molecule has 0 bridgehead atoms. The van der Waals surface area contributed by atoms with Gasteiger partial charge in [-0.15, -0.1) is 0 Å². The largest absolute Gasteiger partial charge is 0.490 e. The molecule has 0 spiro atoms. The third-order valence-electron chi connectivity index (χ3n) is 6.36. The topological polar surface area (TPSA) is 110 Å². The molecule has 3 aromatic rings. The Bertz CT molecular complexity index is 1290. The summed E-state index contributed by atoms with van der Waals surface area (Å²) in [4.78, 5) is 25.2. The van der Waals surface area contributed by atoms with E-state index in [1.807, 2.05) is 6.07 Å². The van der Waals surface area contributed by atoms with E-state index in [1.54, 1.807) is 24.3 Å². The molecule has 1 amide bonds. The number of fused-ring (bicyclic) bond motifs is 1. The lowest BCUT2D eigenvalue weighted by Crippen LogP contribution is -2.44. The summed E-state index contributed by atoms with van der Waals surface area (Å²) in [6, 6.07) is 11.4. The average molecular weight is 539 g/mol. The lowest BCUT2D eigenvalue weighted by molar-refractivity contribution is 0.145. The first-order valence-corrected chi connectivity index (χ1v) is 12.8. The summed E-state index contributed by atoms with van der Waals surface area (Å²) in [5.74, 6) is 1.19. The molecule has 11 nitrogen and oxygen atoms in total. The molecule has 1 aromatic heterocycles. The van der Waals surface area contributed by atoms with Crippen LogP contribution in [0.25, 0.3) is 0 Å². The van der Waals surface area contributed by atoms with Gasteiger partial charge < -0.3 is 39.4 Å². The molecule has 1 fully saturated rings. The fourth-order valence-electron chi connectivity index (χ4n) is 4.18. The number of nitrogens with one attached hydrogen (secondary N) is 2. The summed E-state index contributed by atoms with van der Waals surface area (Å²) >= 11 is 0. The van der Waals surface area contributed by atoms with Crippen molar-refractivity contribution in [3.8, 4) is 23.1 Å². The van der Waals surface area contributed by atoms with Crippen LogP contribution in [0.1, 0.15) is 12.0 Å². The number of hydrogen-bond donors (Lipinski definition) is 2. The molecule has 39 heavy (non-hydrogen) atoms. The summed E-state index contributed by atoms with van der Waals surface area (Å²) in [5, 5.41) is 5.57. The maximum absolute atomic E-state index is 14.6. The van der Waals surface area contributed by atoms with Crippen LogP contribution in [0, 0.1) is 5.82 Å². The quantitative estimate of drug-likeness (QED) is 0.373. The minimum atomic E-state index is -0.683. The Morgan fingerprint density at radius 3 is 2.77 bits per heavy atom. The van der Waals surface area contributed by atoms with Gasteiger partial charge >= 0.3 is 6.09 Å². The molecule has 206 valence electrons. The normalized spacial score (nSPS) is 15.1. The summed E-state index contributed by atoms with van der Waals surface area (Å²) < 4.78 is 36.1. The van der Waals surface area contributed by atoms with E-state index in [-0.39, 0.29) is 30.9 Å². The number of nitrogens with zero attached hydrogens (tertiary/aromatic N) is 4. The van der Waals surface area contributed by atoms with Crippen molar-refractivity contribution >= 4 is 17.7 Å². The zero-order chi connectivity index (χ0) is 27.0. The minimum Gasteiger partial charge on any atom is -0.490 e. The monoisotopic (exact) mass is 538 g/mol. The number of piperazine rings is 1. The molecule has 0 saturated carbocycles. The van der Waals surface area contributed by atoms with Crippen molar-refractivity contribution in [2.24, 2.45) is 0 Å². The first kappa shape index (κ1) is 26.4. The van der Waals surface area contributed by atoms with E-state index in [1.165, 1.54) is 18.3 Å². The number of amides is 1. The van der Waals surface area contributed by atoms with E-state index in [4.69, 9.17) is 18.9 Å². The lowest BCUT2D eigenvalue weighted by Gasteiger charge is -2.32. The SMILES string of the molecule is CN1CCN(CCCOc2ccc(Nc3nccc(OC(=O)NCc4ccc5c(c4)OCO5)n3)cc2F)CC1. The number of rotatable bonds is 10. The number of carbonyl (C=O) groups excluding carboxylic acids is 1. The molecule has 12 heteroatoms. The Labute approximate surface area is 225 Å². The van der Waals surface area contributed by atoms with E-state index in [9.17, 15) is 9.18 Å². The molecule has 2 aliphatic heterocycles. The van der Waals surface area contributed by atoms with Crippen molar-refractivity contribution in [1.29, 1.82) is 0 Å². The molecule has 0 radical (unpaired) electrons. The first-order chi connectivity index (χ1) is 19.0. The molecular weight excluding hydrogens is 507 g/mol. The fraction of sp³-hybridized carbons (Fsp3) is 0.370. The summed E-state index contributed by atoms with van der Waals surface area (Å²) in [6.07, 6.45) is 1.58. The number of likely N-dealkylation sites (N-methyl/N-ethyl adjacent to an activating group) is 1. The van der Waals surface area contributed by atoms with E-state index < -0.39 is 11.9 Å². The Balaban J connectivity index is 1.07. The van der Waals surface area contributed by atoms with Gasteiger partial charge in [0, 0.05) is 63.3 Å².